The van der Waals surface area contributed by atoms with Crippen LogP contribution in [0.25, 0.3) is 0 Å². The first-order chi connectivity index (χ1) is 8.32. The Kier molecular flexibility index (Phi) is 4.50. The Morgan fingerprint density at radius 2 is 1.94 bits per heavy atom. The normalized spacial score (nSPS) is 15.2. The summed E-state index contributed by atoms with van der Waals surface area (Å²) in [5.74, 6) is -0.0630. The number of halogens is 4. The van der Waals surface area contributed by atoms with Gasteiger partial charge in [0.25, 0.3) is 0 Å². The minimum atomic E-state index is -4.96. The highest BCUT2D eigenvalue weighted by Crippen LogP contribution is 2.36. The highest BCUT2D eigenvalue weighted by molar-refractivity contribution is 5.17. The van der Waals surface area contributed by atoms with Gasteiger partial charge in [0.2, 0.25) is 11.5 Å². The molecule has 0 amide bonds. The van der Waals surface area contributed by atoms with Gasteiger partial charge in [-0.15, -0.1) is 0 Å². The molecule has 0 aliphatic heterocycles. The van der Waals surface area contributed by atoms with Crippen molar-refractivity contribution in [3.8, 4) is 5.88 Å². The maximum absolute atomic E-state index is 13.6. The van der Waals surface area contributed by atoms with E-state index < -0.39 is 24.9 Å². The smallest absolute Gasteiger partial charge is 0.425 e. The van der Waals surface area contributed by atoms with Gasteiger partial charge in [-0.2, -0.15) is 13.2 Å². The summed E-state index contributed by atoms with van der Waals surface area (Å²) in [6.45, 7) is 0.265. The van der Waals surface area contributed by atoms with E-state index in [1.54, 1.807) is 6.07 Å². The fourth-order valence-electron chi connectivity index (χ4n) is 1.19. The van der Waals surface area contributed by atoms with Gasteiger partial charge in [-0.1, -0.05) is 13.0 Å². The molecule has 1 aromatic heterocycles. The van der Waals surface area contributed by atoms with E-state index in [2.05, 4.69) is 4.98 Å². The standard InChI is InChI=1S/C11H14F4N2O/c1-2-10(12,11(13,14)15)7-18-9-4-3-8(5-16)6-17-9/h3-4,6H,2,5,7,16H2,1H3. The number of rotatable bonds is 5. The van der Waals surface area contributed by atoms with E-state index in [4.69, 9.17) is 10.5 Å². The van der Waals surface area contributed by atoms with Gasteiger partial charge in [0.1, 0.15) is 6.61 Å². The lowest BCUT2D eigenvalue weighted by molar-refractivity contribution is -0.239. The van der Waals surface area contributed by atoms with Crippen molar-refractivity contribution >= 4 is 0 Å². The first kappa shape index (κ1) is 14.7. The van der Waals surface area contributed by atoms with Crippen LogP contribution < -0.4 is 10.5 Å². The molecule has 1 aromatic rings. The molecule has 0 radical (unpaired) electrons. The van der Waals surface area contributed by atoms with Gasteiger partial charge in [0.15, 0.2) is 0 Å². The number of alkyl halides is 4. The molecule has 1 atom stereocenters. The van der Waals surface area contributed by atoms with E-state index in [1.165, 1.54) is 12.3 Å². The van der Waals surface area contributed by atoms with Crippen LogP contribution in [0.5, 0.6) is 5.88 Å². The predicted molar refractivity (Wildman–Crippen MR) is 57.8 cm³/mol. The van der Waals surface area contributed by atoms with Gasteiger partial charge in [-0.3, -0.25) is 0 Å². The monoisotopic (exact) mass is 266 g/mol. The zero-order valence-electron chi connectivity index (χ0n) is 9.80. The molecule has 18 heavy (non-hydrogen) atoms. The number of ether oxygens (including phenoxy) is 1. The minimum absolute atomic E-state index is 0.0630. The second kappa shape index (κ2) is 5.51. The molecule has 0 fully saturated rings. The average Bonchev–Trinajstić information content (AvgIpc) is 2.35. The van der Waals surface area contributed by atoms with Crippen LogP contribution in [0.3, 0.4) is 0 Å². The van der Waals surface area contributed by atoms with Crippen LogP contribution in [0.2, 0.25) is 0 Å². The molecule has 102 valence electrons. The van der Waals surface area contributed by atoms with Crippen LogP contribution >= 0.6 is 0 Å². The van der Waals surface area contributed by atoms with Gasteiger partial charge in [-0.05, 0) is 12.0 Å². The van der Waals surface area contributed by atoms with E-state index in [0.717, 1.165) is 6.92 Å². The van der Waals surface area contributed by atoms with Crippen molar-refractivity contribution in [2.24, 2.45) is 5.73 Å². The zero-order chi connectivity index (χ0) is 13.8. The molecular formula is C11H14F4N2O. The number of nitrogens with two attached hydrogens (primary N) is 1. The molecule has 7 heteroatoms. The Hall–Kier alpha value is -1.37. The van der Waals surface area contributed by atoms with E-state index >= 15 is 0 Å². The second-order valence-corrected chi connectivity index (χ2v) is 3.81. The maximum Gasteiger partial charge on any atom is 0.425 e. The third-order valence-corrected chi connectivity index (χ3v) is 2.55. The van der Waals surface area contributed by atoms with Crippen molar-refractivity contribution in [2.45, 2.75) is 31.7 Å². The summed E-state index contributed by atoms with van der Waals surface area (Å²) in [6.07, 6.45) is -4.30. The summed E-state index contributed by atoms with van der Waals surface area (Å²) in [5.41, 5.74) is 2.68. The zero-order valence-corrected chi connectivity index (χ0v) is 9.80. The Labute approximate surface area is 102 Å². The number of hydrogen-bond acceptors (Lipinski definition) is 3. The van der Waals surface area contributed by atoms with Crippen molar-refractivity contribution in [1.29, 1.82) is 0 Å². The Balaban J connectivity index is 2.68. The largest absolute Gasteiger partial charge is 0.474 e. The lowest BCUT2D eigenvalue weighted by Crippen LogP contribution is -2.45. The highest BCUT2D eigenvalue weighted by atomic mass is 19.4. The molecule has 1 rings (SSSR count). The predicted octanol–water partition coefficient (Wildman–Crippen LogP) is 2.60. The van der Waals surface area contributed by atoms with Crippen LogP contribution in [0, 0.1) is 0 Å². The average molecular weight is 266 g/mol. The summed E-state index contributed by atoms with van der Waals surface area (Å²) < 4.78 is 55.6. The van der Waals surface area contributed by atoms with Crippen molar-refractivity contribution in [3.63, 3.8) is 0 Å². The first-order valence-corrected chi connectivity index (χ1v) is 5.36. The lowest BCUT2D eigenvalue weighted by atomic mass is 10.0. The molecule has 1 heterocycles. The van der Waals surface area contributed by atoms with Crippen molar-refractivity contribution in [1.82, 2.24) is 4.98 Å². The van der Waals surface area contributed by atoms with Crippen molar-refractivity contribution < 1.29 is 22.3 Å². The van der Waals surface area contributed by atoms with E-state index in [9.17, 15) is 17.6 Å². The highest BCUT2D eigenvalue weighted by Gasteiger charge is 2.55. The molecule has 0 saturated heterocycles. The van der Waals surface area contributed by atoms with Crippen LogP contribution in [0.15, 0.2) is 18.3 Å². The third kappa shape index (κ3) is 3.32. The van der Waals surface area contributed by atoms with Gasteiger partial charge in [0.05, 0.1) is 0 Å². The molecule has 0 saturated carbocycles. The van der Waals surface area contributed by atoms with E-state index in [1.807, 2.05) is 0 Å². The molecule has 0 aromatic carbocycles. The van der Waals surface area contributed by atoms with Gasteiger partial charge in [0, 0.05) is 18.8 Å². The summed E-state index contributed by atoms with van der Waals surface area (Å²) in [4.78, 5) is 3.73. The number of pyridine rings is 1. The minimum Gasteiger partial charge on any atom is -0.474 e. The fourth-order valence-corrected chi connectivity index (χ4v) is 1.19. The molecule has 0 spiro atoms. The van der Waals surface area contributed by atoms with E-state index in [0.29, 0.717) is 5.56 Å². The summed E-state index contributed by atoms with van der Waals surface area (Å²) in [5, 5.41) is 0. The molecular weight excluding hydrogens is 252 g/mol. The third-order valence-electron chi connectivity index (χ3n) is 2.55. The summed E-state index contributed by atoms with van der Waals surface area (Å²) >= 11 is 0. The molecule has 0 aliphatic carbocycles. The summed E-state index contributed by atoms with van der Waals surface area (Å²) in [6, 6.07) is 2.91. The topological polar surface area (TPSA) is 48.1 Å². The Bertz CT molecular complexity index is 380. The van der Waals surface area contributed by atoms with Gasteiger partial charge in [-0.25, -0.2) is 9.37 Å². The van der Waals surface area contributed by atoms with Gasteiger partial charge < -0.3 is 10.5 Å². The number of hydrogen-bond donors (Lipinski definition) is 1. The SMILES string of the molecule is CCC(F)(COc1ccc(CN)cn1)C(F)(F)F. The fraction of sp³-hybridized carbons (Fsp3) is 0.545. The number of aromatic nitrogens is 1. The van der Waals surface area contributed by atoms with Crippen LogP contribution in [-0.4, -0.2) is 23.4 Å². The van der Waals surface area contributed by atoms with Crippen LogP contribution in [0.4, 0.5) is 17.6 Å². The Morgan fingerprint density at radius 1 is 1.28 bits per heavy atom. The first-order valence-electron chi connectivity index (χ1n) is 5.36. The molecule has 0 aliphatic rings. The second-order valence-electron chi connectivity index (χ2n) is 3.81. The Morgan fingerprint density at radius 3 is 2.33 bits per heavy atom. The van der Waals surface area contributed by atoms with Gasteiger partial charge >= 0.3 is 6.18 Å². The molecule has 1 unspecified atom stereocenters. The number of nitrogens with zero attached hydrogens (tertiary/aromatic N) is 1. The van der Waals surface area contributed by atoms with Crippen LogP contribution in [0.1, 0.15) is 18.9 Å². The summed E-state index contributed by atoms with van der Waals surface area (Å²) in [7, 11) is 0. The molecule has 2 N–H and O–H groups in total. The van der Waals surface area contributed by atoms with Crippen molar-refractivity contribution in [3.05, 3.63) is 23.9 Å². The maximum atomic E-state index is 13.6. The molecule has 0 bridgehead atoms. The van der Waals surface area contributed by atoms with Crippen LogP contribution in [-0.2, 0) is 6.54 Å². The van der Waals surface area contributed by atoms with E-state index in [-0.39, 0.29) is 12.4 Å². The lowest BCUT2D eigenvalue weighted by Gasteiger charge is -2.26. The quantitative estimate of drug-likeness (QED) is 0.833. The van der Waals surface area contributed by atoms with Crippen molar-refractivity contribution in [2.75, 3.05) is 6.61 Å². The molecule has 3 nitrogen and oxygen atoms in total.